The number of aryl methyl sites for hydroxylation is 2. The molecule has 3 rings (SSSR count). The van der Waals surface area contributed by atoms with Gasteiger partial charge in [0.1, 0.15) is 16.5 Å². The predicted molar refractivity (Wildman–Crippen MR) is 99.6 cm³/mol. The molecule has 0 saturated carbocycles. The molecule has 1 N–H and O–H groups in total. The maximum absolute atomic E-state index is 12.9. The summed E-state index contributed by atoms with van der Waals surface area (Å²) in [5.74, 6) is 1.27. The molecule has 0 aromatic carbocycles. The molecule has 0 amide bonds. The number of hydrogen-bond donors (Lipinski definition) is 1. The highest BCUT2D eigenvalue weighted by Crippen LogP contribution is 2.25. The molecule has 1 aliphatic heterocycles. The number of anilines is 1. The third-order valence-electron chi connectivity index (χ3n) is 4.78. The van der Waals surface area contributed by atoms with Crippen LogP contribution in [0.3, 0.4) is 0 Å². The normalized spacial score (nSPS) is 15.9. The van der Waals surface area contributed by atoms with Crippen molar-refractivity contribution >= 4 is 15.8 Å². The molecule has 0 atom stereocenters. The first-order valence-electron chi connectivity index (χ1n) is 9.11. The Bertz CT molecular complexity index is 822. The molecule has 1 aliphatic rings. The molecule has 0 unspecified atom stereocenters. The molecule has 1 saturated heterocycles. The summed E-state index contributed by atoms with van der Waals surface area (Å²) in [5.41, 5.74) is 2.03. The molecule has 3 heterocycles. The topological polar surface area (TPSA) is 88.3 Å². The van der Waals surface area contributed by atoms with Crippen molar-refractivity contribution in [3.05, 3.63) is 35.3 Å². The SMILES string of the molecule is Cc1noc(C)c1CCCNc1ncccc1S(=O)(=O)N1CCCCC1. The van der Waals surface area contributed by atoms with Crippen molar-refractivity contribution in [1.82, 2.24) is 14.4 Å². The van der Waals surface area contributed by atoms with E-state index in [1.54, 1.807) is 22.6 Å². The van der Waals surface area contributed by atoms with E-state index in [4.69, 9.17) is 4.52 Å². The van der Waals surface area contributed by atoms with Crippen LogP contribution < -0.4 is 5.32 Å². The summed E-state index contributed by atoms with van der Waals surface area (Å²) in [4.78, 5) is 4.52. The Balaban J connectivity index is 1.65. The Morgan fingerprint density at radius 2 is 2.00 bits per heavy atom. The zero-order valence-electron chi connectivity index (χ0n) is 15.4. The standard InChI is InChI=1S/C18H26N4O3S/c1-14-16(15(2)25-21-14)8-6-10-19-18-17(9-7-11-20-18)26(23,24)22-12-4-3-5-13-22/h7,9,11H,3-6,8,10,12-13H2,1-2H3,(H,19,20). The average Bonchev–Trinajstić information content (AvgIpc) is 2.98. The number of nitrogens with zero attached hydrogens (tertiary/aromatic N) is 3. The summed E-state index contributed by atoms with van der Waals surface area (Å²) in [7, 11) is -3.50. The van der Waals surface area contributed by atoms with Gasteiger partial charge in [0.05, 0.1) is 5.69 Å². The molecule has 0 aliphatic carbocycles. The van der Waals surface area contributed by atoms with E-state index in [1.807, 2.05) is 13.8 Å². The number of sulfonamides is 1. The van der Waals surface area contributed by atoms with E-state index in [-0.39, 0.29) is 4.90 Å². The minimum absolute atomic E-state index is 0.263. The molecule has 1 fully saturated rings. The third kappa shape index (κ3) is 4.07. The van der Waals surface area contributed by atoms with Crippen LogP contribution in [-0.4, -0.2) is 42.5 Å². The molecule has 2 aromatic rings. The Hall–Kier alpha value is -1.93. The number of hydrogen-bond acceptors (Lipinski definition) is 6. The Kier molecular flexibility index (Phi) is 5.93. The molecule has 8 heteroatoms. The number of nitrogens with one attached hydrogen (secondary N) is 1. The van der Waals surface area contributed by atoms with E-state index < -0.39 is 10.0 Å². The van der Waals surface area contributed by atoms with Gasteiger partial charge in [-0.05, 0) is 51.7 Å². The van der Waals surface area contributed by atoms with Crippen molar-refractivity contribution in [2.75, 3.05) is 25.0 Å². The molecule has 0 radical (unpaired) electrons. The first kappa shape index (κ1) is 18.8. The van der Waals surface area contributed by atoms with Crippen LogP contribution in [0.25, 0.3) is 0 Å². The zero-order chi connectivity index (χ0) is 18.6. The van der Waals surface area contributed by atoms with Crippen molar-refractivity contribution in [3.63, 3.8) is 0 Å². The Morgan fingerprint density at radius 1 is 1.23 bits per heavy atom. The van der Waals surface area contributed by atoms with Gasteiger partial charge in [0.2, 0.25) is 10.0 Å². The minimum Gasteiger partial charge on any atom is -0.369 e. The van der Waals surface area contributed by atoms with Gasteiger partial charge in [-0.2, -0.15) is 4.31 Å². The first-order valence-corrected chi connectivity index (χ1v) is 10.5. The molecule has 2 aromatic heterocycles. The van der Waals surface area contributed by atoms with Gasteiger partial charge in [-0.25, -0.2) is 13.4 Å². The first-order chi connectivity index (χ1) is 12.5. The van der Waals surface area contributed by atoms with E-state index >= 15 is 0 Å². The van der Waals surface area contributed by atoms with E-state index in [9.17, 15) is 8.42 Å². The molecule has 0 spiro atoms. The van der Waals surface area contributed by atoms with Gasteiger partial charge in [-0.15, -0.1) is 0 Å². The lowest BCUT2D eigenvalue weighted by Crippen LogP contribution is -2.36. The lowest BCUT2D eigenvalue weighted by Gasteiger charge is -2.26. The van der Waals surface area contributed by atoms with Crippen LogP contribution in [0.1, 0.15) is 42.7 Å². The molecule has 0 bridgehead atoms. The quantitative estimate of drug-likeness (QED) is 0.745. The van der Waals surface area contributed by atoms with Crippen LogP contribution in [0, 0.1) is 13.8 Å². The second-order valence-corrected chi connectivity index (χ2v) is 8.55. The number of rotatable bonds is 7. The molecular weight excluding hydrogens is 352 g/mol. The molecule has 26 heavy (non-hydrogen) atoms. The van der Waals surface area contributed by atoms with Crippen LogP contribution in [-0.2, 0) is 16.4 Å². The largest absolute Gasteiger partial charge is 0.369 e. The predicted octanol–water partition coefficient (Wildman–Crippen LogP) is 2.91. The fraction of sp³-hybridized carbons (Fsp3) is 0.556. The Labute approximate surface area is 154 Å². The zero-order valence-corrected chi connectivity index (χ0v) is 16.2. The van der Waals surface area contributed by atoms with Crippen LogP contribution in [0.15, 0.2) is 27.7 Å². The van der Waals surface area contributed by atoms with E-state index in [2.05, 4.69) is 15.5 Å². The van der Waals surface area contributed by atoms with Crippen molar-refractivity contribution in [3.8, 4) is 0 Å². The molecule has 142 valence electrons. The second-order valence-electron chi connectivity index (χ2n) is 6.65. The van der Waals surface area contributed by atoms with E-state index in [1.165, 1.54) is 0 Å². The highest BCUT2D eigenvalue weighted by Gasteiger charge is 2.28. The lowest BCUT2D eigenvalue weighted by atomic mass is 10.1. The van der Waals surface area contributed by atoms with Gasteiger partial charge >= 0.3 is 0 Å². The Morgan fingerprint density at radius 3 is 2.69 bits per heavy atom. The summed E-state index contributed by atoms with van der Waals surface area (Å²) >= 11 is 0. The third-order valence-corrected chi connectivity index (χ3v) is 6.71. The van der Waals surface area contributed by atoms with Crippen LogP contribution >= 0.6 is 0 Å². The fourth-order valence-electron chi connectivity index (χ4n) is 3.31. The summed E-state index contributed by atoms with van der Waals surface area (Å²) in [5, 5.41) is 7.15. The summed E-state index contributed by atoms with van der Waals surface area (Å²) in [6, 6.07) is 3.30. The molecular formula is C18H26N4O3S. The molecule has 7 nitrogen and oxygen atoms in total. The van der Waals surface area contributed by atoms with Crippen molar-refractivity contribution in [2.45, 2.75) is 50.8 Å². The van der Waals surface area contributed by atoms with Gasteiger partial charge < -0.3 is 9.84 Å². The monoisotopic (exact) mass is 378 g/mol. The number of aromatic nitrogens is 2. The second kappa shape index (κ2) is 8.18. The number of pyridine rings is 1. The number of piperidine rings is 1. The lowest BCUT2D eigenvalue weighted by molar-refractivity contribution is 0.346. The van der Waals surface area contributed by atoms with Gasteiger partial charge in [-0.3, -0.25) is 0 Å². The summed E-state index contributed by atoms with van der Waals surface area (Å²) in [6.45, 7) is 5.64. The highest BCUT2D eigenvalue weighted by molar-refractivity contribution is 7.89. The minimum atomic E-state index is -3.50. The van der Waals surface area contributed by atoms with Crippen molar-refractivity contribution in [2.24, 2.45) is 0 Å². The van der Waals surface area contributed by atoms with Crippen LogP contribution in [0.5, 0.6) is 0 Å². The highest BCUT2D eigenvalue weighted by atomic mass is 32.2. The van der Waals surface area contributed by atoms with Gasteiger partial charge in [0.15, 0.2) is 0 Å². The van der Waals surface area contributed by atoms with Crippen LogP contribution in [0.2, 0.25) is 0 Å². The van der Waals surface area contributed by atoms with Gasteiger partial charge in [0, 0.05) is 31.4 Å². The smallest absolute Gasteiger partial charge is 0.246 e. The maximum atomic E-state index is 12.9. The average molecular weight is 378 g/mol. The van der Waals surface area contributed by atoms with Gasteiger partial charge in [0.25, 0.3) is 0 Å². The van der Waals surface area contributed by atoms with Crippen molar-refractivity contribution < 1.29 is 12.9 Å². The van der Waals surface area contributed by atoms with Gasteiger partial charge in [-0.1, -0.05) is 11.6 Å². The summed E-state index contributed by atoms with van der Waals surface area (Å²) in [6.07, 6.45) is 6.20. The van der Waals surface area contributed by atoms with E-state index in [0.29, 0.717) is 25.5 Å². The van der Waals surface area contributed by atoms with Crippen LogP contribution in [0.4, 0.5) is 5.82 Å². The fourth-order valence-corrected chi connectivity index (χ4v) is 4.94. The van der Waals surface area contributed by atoms with E-state index in [0.717, 1.165) is 49.1 Å². The van der Waals surface area contributed by atoms with Crippen molar-refractivity contribution in [1.29, 1.82) is 0 Å². The summed E-state index contributed by atoms with van der Waals surface area (Å²) < 4.78 is 32.6. The maximum Gasteiger partial charge on any atom is 0.246 e.